The lowest BCUT2D eigenvalue weighted by Gasteiger charge is -2.30. The molecule has 1 fully saturated rings. The summed E-state index contributed by atoms with van der Waals surface area (Å²) in [6.45, 7) is 2.20. The van der Waals surface area contributed by atoms with Crippen LogP contribution in [-0.2, 0) is 0 Å². The minimum Gasteiger partial charge on any atom is -0.364 e. The summed E-state index contributed by atoms with van der Waals surface area (Å²) in [5.41, 5.74) is 0. The van der Waals surface area contributed by atoms with E-state index in [1.165, 1.54) is 25.5 Å². The highest BCUT2D eigenvalue weighted by molar-refractivity contribution is 5.41. The van der Waals surface area contributed by atoms with Crippen LogP contribution in [0.25, 0.3) is 0 Å². The Morgan fingerprint density at radius 3 is 2.82 bits per heavy atom. The van der Waals surface area contributed by atoms with E-state index in [-0.39, 0.29) is 5.82 Å². The molecule has 0 amide bonds. The fraction of sp³-hybridized carbons (Fsp3) is 0.667. The van der Waals surface area contributed by atoms with Gasteiger partial charge in [-0.15, -0.1) is 0 Å². The zero-order valence-corrected chi connectivity index (χ0v) is 10.3. The number of aromatic nitrogens is 2. The molecule has 0 saturated heterocycles. The molecule has 2 rings (SSSR count). The highest BCUT2D eigenvalue weighted by atomic mass is 19.1. The van der Waals surface area contributed by atoms with E-state index in [2.05, 4.69) is 27.5 Å². The van der Waals surface area contributed by atoms with Crippen molar-refractivity contribution >= 4 is 11.8 Å². The molecule has 1 aromatic heterocycles. The Hall–Kier alpha value is -1.39. The molecule has 0 aromatic carbocycles. The zero-order valence-electron chi connectivity index (χ0n) is 10.3. The Bertz CT molecular complexity index is 383. The molecule has 0 aliphatic heterocycles. The molecule has 0 spiro atoms. The van der Waals surface area contributed by atoms with Crippen molar-refractivity contribution in [3.63, 3.8) is 0 Å². The highest BCUT2D eigenvalue weighted by Crippen LogP contribution is 2.27. The van der Waals surface area contributed by atoms with Crippen LogP contribution in [0.1, 0.15) is 32.6 Å². The van der Waals surface area contributed by atoms with Gasteiger partial charge in [0.05, 0.1) is 6.20 Å². The Labute approximate surface area is 101 Å². The molecule has 5 heteroatoms. The molecular formula is C12H19FN4. The molecule has 2 N–H and O–H groups in total. The number of hydrogen-bond acceptors (Lipinski definition) is 4. The summed E-state index contributed by atoms with van der Waals surface area (Å²) in [6.07, 6.45) is 5.96. The minimum absolute atomic E-state index is 0.308. The summed E-state index contributed by atoms with van der Waals surface area (Å²) in [4.78, 5) is 7.94. The van der Waals surface area contributed by atoms with Gasteiger partial charge in [-0.3, -0.25) is 0 Å². The fourth-order valence-electron chi connectivity index (χ4n) is 2.30. The van der Waals surface area contributed by atoms with Crippen LogP contribution in [0, 0.1) is 11.7 Å². The van der Waals surface area contributed by atoms with Crippen molar-refractivity contribution in [1.82, 2.24) is 9.97 Å². The summed E-state index contributed by atoms with van der Waals surface area (Å²) in [7, 11) is 1.72. The van der Waals surface area contributed by atoms with Gasteiger partial charge in [0.1, 0.15) is 0 Å². The van der Waals surface area contributed by atoms with E-state index >= 15 is 0 Å². The number of rotatable bonds is 3. The van der Waals surface area contributed by atoms with Crippen LogP contribution in [-0.4, -0.2) is 23.1 Å². The molecule has 94 valence electrons. The molecule has 17 heavy (non-hydrogen) atoms. The van der Waals surface area contributed by atoms with Gasteiger partial charge in [-0.1, -0.05) is 19.8 Å². The summed E-state index contributed by atoms with van der Waals surface area (Å²) in [5.74, 6) is 0.929. The van der Waals surface area contributed by atoms with Gasteiger partial charge in [0, 0.05) is 13.1 Å². The smallest absolute Gasteiger partial charge is 0.224 e. The maximum absolute atomic E-state index is 13.6. The molecule has 2 unspecified atom stereocenters. The van der Waals surface area contributed by atoms with E-state index in [0.29, 0.717) is 23.7 Å². The van der Waals surface area contributed by atoms with Gasteiger partial charge >= 0.3 is 0 Å². The third-order valence-corrected chi connectivity index (χ3v) is 3.40. The maximum atomic E-state index is 13.6. The molecule has 4 nitrogen and oxygen atoms in total. The predicted octanol–water partition coefficient (Wildman–Crippen LogP) is 2.65. The lowest BCUT2D eigenvalue weighted by atomic mass is 9.86. The zero-order chi connectivity index (χ0) is 12.3. The largest absolute Gasteiger partial charge is 0.364 e. The van der Waals surface area contributed by atoms with Crippen molar-refractivity contribution < 1.29 is 4.39 Å². The molecule has 0 bridgehead atoms. The second kappa shape index (κ2) is 5.29. The number of halogens is 1. The molecule has 1 aliphatic carbocycles. The van der Waals surface area contributed by atoms with Gasteiger partial charge in [-0.05, 0) is 18.8 Å². The summed E-state index contributed by atoms with van der Waals surface area (Å²) < 4.78 is 13.6. The first-order valence-electron chi connectivity index (χ1n) is 6.17. The maximum Gasteiger partial charge on any atom is 0.224 e. The van der Waals surface area contributed by atoms with E-state index in [1.807, 2.05) is 0 Å². The van der Waals surface area contributed by atoms with Gasteiger partial charge in [0.15, 0.2) is 11.6 Å². The van der Waals surface area contributed by atoms with E-state index in [9.17, 15) is 4.39 Å². The number of nitrogens with one attached hydrogen (secondary N) is 2. The van der Waals surface area contributed by atoms with Crippen LogP contribution in [0.5, 0.6) is 0 Å². The van der Waals surface area contributed by atoms with Gasteiger partial charge in [-0.25, -0.2) is 9.37 Å². The van der Waals surface area contributed by atoms with Crippen LogP contribution in [0.4, 0.5) is 16.2 Å². The van der Waals surface area contributed by atoms with Gasteiger partial charge in [0.25, 0.3) is 0 Å². The van der Waals surface area contributed by atoms with E-state index in [4.69, 9.17) is 0 Å². The molecule has 1 aromatic rings. The first-order valence-corrected chi connectivity index (χ1v) is 6.17. The lowest BCUT2D eigenvalue weighted by Crippen LogP contribution is -2.31. The van der Waals surface area contributed by atoms with Crippen molar-refractivity contribution in [1.29, 1.82) is 0 Å². The van der Waals surface area contributed by atoms with E-state index < -0.39 is 0 Å². The Balaban J connectivity index is 2.11. The van der Waals surface area contributed by atoms with Gasteiger partial charge in [0.2, 0.25) is 5.95 Å². The third-order valence-electron chi connectivity index (χ3n) is 3.40. The molecule has 0 radical (unpaired) electrons. The number of hydrogen-bond donors (Lipinski definition) is 2. The first-order chi connectivity index (χ1) is 8.20. The second-order valence-corrected chi connectivity index (χ2v) is 4.65. The molecule has 1 heterocycles. The van der Waals surface area contributed by atoms with Crippen molar-refractivity contribution in [2.45, 2.75) is 38.6 Å². The second-order valence-electron chi connectivity index (χ2n) is 4.65. The Kier molecular flexibility index (Phi) is 3.76. The Morgan fingerprint density at radius 2 is 2.12 bits per heavy atom. The summed E-state index contributed by atoms with van der Waals surface area (Å²) in [5, 5.41) is 6.02. The predicted molar refractivity (Wildman–Crippen MR) is 66.6 cm³/mol. The SMILES string of the molecule is CNc1ncc(F)c(NC2CCCCC2C)n1. The standard InChI is InChI=1S/C12H19FN4/c1-8-5-3-4-6-10(8)16-11-9(13)7-15-12(14-2)17-11/h7-8,10H,3-6H2,1-2H3,(H2,14,15,16,17). The van der Waals surface area contributed by atoms with Crippen molar-refractivity contribution in [3.05, 3.63) is 12.0 Å². The van der Waals surface area contributed by atoms with Crippen LogP contribution in [0.15, 0.2) is 6.20 Å². The highest BCUT2D eigenvalue weighted by Gasteiger charge is 2.22. The molecular weight excluding hydrogens is 219 g/mol. The molecule has 1 saturated carbocycles. The Morgan fingerprint density at radius 1 is 1.35 bits per heavy atom. The summed E-state index contributed by atoms with van der Waals surface area (Å²) >= 11 is 0. The number of anilines is 2. The van der Waals surface area contributed by atoms with Crippen molar-refractivity contribution in [3.8, 4) is 0 Å². The van der Waals surface area contributed by atoms with E-state index in [1.54, 1.807) is 7.05 Å². The van der Waals surface area contributed by atoms with Crippen LogP contribution in [0.3, 0.4) is 0 Å². The van der Waals surface area contributed by atoms with Gasteiger partial charge in [-0.2, -0.15) is 4.98 Å². The average Bonchev–Trinajstić information content (AvgIpc) is 2.35. The first kappa shape index (κ1) is 12.1. The monoisotopic (exact) mass is 238 g/mol. The average molecular weight is 238 g/mol. The molecule has 1 aliphatic rings. The molecule has 2 atom stereocenters. The van der Waals surface area contributed by atoms with Crippen LogP contribution >= 0.6 is 0 Å². The van der Waals surface area contributed by atoms with E-state index in [0.717, 1.165) is 6.42 Å². The van der Waals surface area contributed by atoms with Crippen LogP contribution < -0.4 is 10.6 Å². The number of nitrogens with zero attached hydrogens (tertiary/aromatic N) is 2. The fourth-order valence-corrected chi connectivity index (χ4v) is 2.30. The van der Waals surface area contributed by atoms with Crippen molar-refractivity contribution in [2.75, 3.05) is 17.7 Å². The summed E-state index contributed by atoms with van der Waals surface area (Å²) in [6, 6.07) is 0.317. The third kappa shape index (κ3) is 2.84. The topological polar surface area (TPSA) is 49.8 Å². The lowest BCUT2D eigenvalue weighted by molar-refractivity contribution is 0.348. The van der Waals surface area contributed by atoms with Gasteiger partial charge < -0.3 is 10.6 Å². The van der Waals surface area contributed by atoms with Crippen LogP contribution in [0.2, 0.25) is 0 Å². The minimum atomic E-state index is -0.387. The van der Waals surface area contributed by atoms with Crippen molar-refractivity contribution in [2.24, 2.45) is 5.92 Å². The quantitative estimate of drug-likeness (QED) is 0.850. The normalized spacial score (nSPS) is 24.4.